The molecule has 150 valence electrons. The molecule has 1 aliphatic heterocycles. The summed E-state index contributed by atoms with van der Waals surface area (Å²) < 4.78 is 6.48. The van der Waals surface area contributed by atoms with Gasteiger partial charge < -0.3 is 20.1 Å². The second kappa shape index (κ2) is 11.0. The number of ether oxygens (including phenoxy) is 1. The second-order valence-electron chi connectivity index (χ2n) is 7.74. The quantitative estimate of drug-likeness (QED) is 0.182. The topological polar surface area (TPSA) is 87.0 Å². The van der Waals surface area contributed by atoms with Crippen molar-refractivity contribution in [1.82, 2.24) is 0 Å². The number of alkyl halides is 1. The van der Waals surface area contributed by atoms with Crippen molar-refractivity contribution >= 4 is 28.6 Å². The summed E-state index contributed by atoms with van der Waals surface area (Å²) in [6, 6.07) is 0. The normalized spacial score (nSPS) is 33.5. The van der Waals surface area contributed by atoms with Gasteiger partial charge in [0, 0.05) is 22.7 Å². The number of carboxylic acid groups (broad SMARTS) is 1. The van der Waals surface area contributed by atoms with E-state index in [4.69, 9.17) is 9.84 Å². The van der Waals surface area contributed by atoms with E-state index < -0.39 is 18.2 Å². The first-order valence-electron chi connectivity index (χ1n) is 9.98. The summed E-state index contributed by atoms with van der Waals surface area (Å²) >= 11 is 2.38. The Morgan fingerprint density at radius 1 is 1.27 bits per heavy atom. The number of hydrogen-bond donors (Lipinski definition) is 3. The van der Waals surface area contributed by atoms with Crippen LogP contribution in [0.5, 0.6) is 0 Å². The van der Waals surface area contributed by atoms with Crippen LogP contribution in [0.1, 0.15) is 64.7 Å². The highest BCUT2D eigenvalue weighted by molar-refractivity contribution is 14.1. The highest BCUT2D eigenvalue weighted by atomic mass is 127. The number of aliphatic hydroxyl groups is 2. The average molecular weight is 480 g/mol. The number of fused-ring (bicyclic) bond motifs is 1. The first-order chi connectivity index (χ1) is 12.4. The number of aliphatic carboxylic acids is 1. The van der Waals surface area contributed by atoms with E-state index in [9.17, 15) is 15.0 Å². The maximum Gasteiger partial charge on any atom is 0.303 e. The van der Waals surface area contributed by atoms with Crippen molar-refractivity contribution in [3.8, 4) is 0 Å². The molecule has 2 aliphatic rings. The molecule has 1 heterocycles. The van der Waals surface area contributed by atoms with Gasteiger partial charge in [-0.25, -0.2) is 0 Å². The molecule has 1 saturated carbocycles. The van der Waals surface area contributed by atoms with Crippen molar-refractivity contribution in [2.24, 2.45) is 11.8 Å². The molecule has 0 spiro atoms. The van der Waals surface area contributed by atoms with Crippen LogP contribution >= 0.6 is 22.6 Å². The van der Waals surface area contributed by atoms with Crippen molar-refractivity contribution in [1.29, 1.82) is 0 Å². The smallest absolute Gasteiger partial charge is 0.303 e. The van der Waals surface area contributed by atoms with Gasteiger partial charge in [0.15, 0.2) is 0 Å². The lowest BCUT2D eigenvalue weighted by molar-refractivity contribution is -0.137. The van der Waals surface area contributed by atoms with Crippen molar-refractivity contribution in [3.05, 3.63) is 12.2 Å². The van der Waals surface area contributed by atoms with Crippen molar-refractivity contribution in [3.63, 3.8) is 0 Å². The molecule has 2 unspecified atom stereocenters. The molecule has 7 atom stereocenters. The fourth-order valence-corrected chi connectivity index (χ4v) is 5.11. The van der Waals surface area contributed by atoms with Crippen molar-refractivity contribution < 1.29 is 24.9 Å². The van der Waals surface area contributed by atoms with Gasteiger partial charge in [-0.1, -0.05) is 60.9 Å². The summed E-state index contributed by atoms with van der Waals surface area (Å²) in [5.74, 6) is -0.400. The van der Waals surface area contributed by atoms with Crippen LogP contribution in [0.4, 0.5) is 0 Å². The van der Waals surface area contributed by atoms with E-state index in [2.05, 4.69) is 29.5 Å². The molecule has 26 heavy (non-hydrogen) atoms. The molecule has 6 heteroatoms. The van der Waals surface area contributed by atoms with E-state index in [0.29, 0.717) is 22.7 Å². The zero-order valence-corrected chi connectivity index (χ0v) is 17.8. The van der Waals surface area contributed by atoms with E-state index in [-0.39, 0.29) is 24.5 Å². The molecular weight excluding hydrogens is 447 g/mol. The Labute approximate surface area is 170 Å². The zero-order valence-electron chi connectivity index (χ0n) is 15.6. The lowest BCUT2D eigenvalue weighted by Gasteiger charge is -2.21. The van der Waals surface area contributed by atoms with Crippen molar-refractivity contribution in [2.75, 3.05) is 0 Å². The number of aliphatic hydroxyl groups excluding tert-OH is 2. The number of unbranched alkanes of at least 4 members (excludes halogenated alkanes) is 2. The fourth-order valence-electron chi connectivity index (χ4n) is 4.21. The Hall–Kier alpha value is -0.180. The van der Waals surface area contributed by atoms with Gasteiger partial charge in [-0.15, -0.1) is 0 Å². The number of halogens is 1. The third-order valence-electron chi connectivity index (χ3n) is 5.68. The molecule has 0 bridgehead atoms. The predicted molar refractivity (Wildman–Crippen MR) is 109 cm³/mol. The van der Waals surface area contributed by atoms with Crippen LogP contribution in [0.2, 0.25) is 0 Å². The first kappa shape index (κ1) is 22.1. The van der Waals surface area contributed by atoms with Crippen LogP contribution in [0.25, 0.3) is 0 Å². The standard InChI is InChI=1S/C20H33IO5/c1-2-3-4-6-13(22)9-10-14-15-11-19(26-18(15)12-17(14)23)16(21)7-5-8-20(24)25/h9-10,13-19,22-23H,2-8,11-12H2,1H3,(H,24,25)/b10-9+/t13-,14+,15+,16?,17+,18-,19?/m0/s1. The molecule has 1 saturated heterocycles. The third-order valence-corrected chi connectivity index (χ3v) is 7.10. The van der Waals surface area contributed by atoms with Crippen LogP contribution in [0.3, 0.4) is 0 Å². The van der Waals surface area contributed by atoms with Gasteiger partial charge in [0.2, 0.25) is 0 Å². The molecule has 2 rings (SSSR count). The summed E-state index contributed by atoms with van der Waals surface area (Å²) in [4.78, 5) is 10.7. The lowest BCUT2D eigenvalue weighted by Crippen LogP contribution is -2.24. The van der Waals surface area contributed by atoms with Crippen LogP contribution in [0, 0.1) is 11.8 Å². The molecular formula is C20H33IO5. The predicted octanol–water partition coefficient (Wildman–Crippen LogP) is 3.70. The minimum absolute atomic E-state index is 0.0495. The zero-order chi connectivity index (χ0) is 19.1. The number of hydrogen-bond acceptors (Lipinski definition) is 4. The van der Waals surface area contributed by atoms with Gasteiger partial charge in [-0.2, -0.15) is 0 Å². The van der Waals surface area contributed by atoms with Crippen LogP contribution < -0.4 is 0 Å². The summed E-state index contributed by atoms with van der Waals surface area (Å²) in [7, 11) is 0. The van der Waals surface area contributed by atoms with E-state index >= 15 is 0 Å². The van der Waals surface area contributed by atoms with E-state index in [0.717, 1.165) is 38.5 Å². The molecule has 0 aromatic rings. The SMILES string of the molecule is CCCCC[C@H](O)/C=C/[C@@H]1[C@H]2CC(C(I)CCCC(=O)O)O[C@H]2C[C@H]1O. The largest absolute Gasteiger partial charge is 0.481 e. The third kappa shape index (κ3) is 6.46. The van der Waals surface area contributed by atoms with Gasteiger partial charge in [0.25, 0.3) is 0 Å². The van der Waals surface area contributed by atoms with Crippen LogP contribution in [0.15, 0.2) is 12.2 Å². The van der Waals surface area contributed by atoms with Gasteiger partial charge in [-0.3, -0.25) is 4.79 Å². The average Bonchev–Trinajstić information content (AvgIpc) is 3.10. The Morgan fingerprint density at radius 2 is 2.04 bits per heavy atom. The summed E-state index contributed by atoms with van der Waals surface area (Å²) in [6.45, 7) is 2.15. The number of carbonyl (C=O) groups is 1. The van der Waals surface area contributed by atoms with Gasteiger partial charge in [0.1, 0.15) is 0 Å². The monoisotopic (exact) mass is 480 g/mol. The summed E-state index contributed by atoms with van der Waals surface area (Å²) in [6.07, 6.45) is 10.6. The minimum atomic E-state index is -0.747. The Bertz CT molecular complexity index is 469. The molecule has 5 nitrogen and oxygen atoms in total. The minimum Gasteiger partial charge on any atom is -0.481 e. The maximum absolute atomic E-state index is 10.7. The van der Waals surface area contributed by atoms with E-state index in [1.165, 1.54) is 0 Å². The van der Waals surface area contributed by atoms with Crippen molar-refractivity contribution in [2.45, 2.75) is 93.1 Å². The first-order valence-corrected chi connectivity index (χ1v) is 11.2. The maximum atomic E-state index is 10.7. The summed E-state index contributed by atoms with van der Waals surface area (Å²) in [5, 5.41) is 29.2. The molecule has 1 aliphatic carbocycles. The number of rotatable bonds is 11. The second-order valence-corrected chi connectivity index (χ2v) is 9.34. The van der Waals surface area contributed by atoms with Gasteiger partial charge in [0.05, 0.1) is 24.4 Å². The van der Waals surface area contributed by atoms with Gasteiger partial charge in [-0.05, 0) is 31.6 Å². The van der Waals surface area contributed by atoms with E-state index in [1.54, 1.807) is 0 Å². The summed E-state index contributed by atoms with van der Waals surface area (Å²) in [5.41, 5.74) is 0. The molecule has 0 aromatic heterocycles. The molecule has 3 N–H and O–H groups in total. The van der Waals surface area contributed by atoms with Crippen LogP contribution in [-0.4, -0.2) is 49.6 Å². The molecule has 2 fully saturated rings. The highest BCUT2D eigenvalue weighted by Gasteiger charge is 2.49. The fraction of sp³-hybridized carbons (Fsp3) is 0.850. The molecule has 0 amide bonds. The van der Waals surface area contributed by atoms with Gasteiger partial charge >= 0.3 is 5.97 Å². The number of carboxylic acids is 1. The Balaban J connectivity index is 1.82. The highest BCUT2D eigenvalue weighted by Crippen LogP contribution is 2.46. The molecule has 0 aromatic carbocycles. The lowest BCUT2D eigenvalue weighted by atomic mass is 9.89. The van der Waals surface area contributed by atoms with Crippen LogP contribution in [-0.2, 0) is 9.53 Å². The molecule has 0 radical (unpaired) electrons. The van der Waals surface area contributed by atoms with E-state index in [1.807, 2.05) is 12.2 Å². The Kier molecular flexibility index (Phi) is 9.33. The Morgan fingerprint density at radius 3 is 2.73 bits per heavy atom.